The van der Waals surface area contributed by atoms with Crippen molar-refractivity contribution in [1.82, 2.24) is 24.8 Å². The molecule has 2 aromatic rings. The molecule has 0 saturated carbocycles. The van der Waals surface area contributed by atoms with Crippen LogP contribution in [0.15, 0.2) is 23.5 Å². The lowest BCUT2D eigenvalue weighted by Crippen LogP contribution is -2.29. The Morgan fingerprint density at radius 2 is 2.26 bits per heavy atom. The molecular weight excluding hydrogens is 242 g/mol. The van der Waals surface area contributed by atoms with Gasteiger partial charge in [-0.25, -0.2) is 9.97 Å². The maximum atomic E-state index is 11.9. The van der Waals surface area contributed by atoms with E-state index in [1.165, 1.54) is 0 Å². The summed E-state index contributed by atoms with van der Waals surface area (Å²) in [4.78, 5) is 23.0. The van der Waals surface area contributed by atoms with E-state index in [0.717, 1.165) is 18.8 Å². The fourth-order valence-electron chi connectivity index (χ4n) is 2.18. The number of rotatable bonds is 5. The van der Waals surface area contributed by atoms with Gasteiger partial charge in [0.15, 0.2) is 0 Å². The fourth-order valence-corrected chi connectivity index (χ4v) is 2.18. The minimum atomic E-state index is -0.0624. The Morgan fingerprint density at radius 3 is 2.89 bits per heavy atom. The van der Waals surface area contributed by atoms with Crippen molar-refractivity contribution in [2.45, 2.75) is 33.4 Å². The smallest absolute Gasteiger partial charge is 0.255 e. The molecule has 0 aromatic carbocycles. The number of aromatic amines is 1. The molecule has 0 aliphatic rings. The molecule has 0 fully saturated rings. The Kier molecular flexibility index (Phi) is 4.11. The molecule has 0 spiro atoms. The van der Waals surface area contributed by atoms with Crippen LogP contribution in [0.25, 0.3) is 0 Å². The fraction of sp³-hybridized carbons (Fsp3) is 0.462. The Bertz CT molecular complexity index is 588. The van der Waals surface area contributed by atoms with E-state index in [9.17, 15) is 4.79 Å². The standard InChI is InChI=1S/C13H19N5O/c1-9(15-5-7-18-6-4-14-8-18)12-10(2)16-11(3)17-13(12)19/h4,6,8-9,15H,5,7H2,1-3H3,(H,16,17,19). The number of aryl methyl sites for hydroxylation is 2. The van der Waals surface area contributed by atoms with Gasteiger partial charge >= 0.3 is 0 Å². The summed E-state index contributed by atoms with van der Waals surface area (Å²) in [5.74, 6) is 0.650. The zero-order valence-corrected chi connectivity index (χ0v) is 11.5. The quantitative estimate of drug-likeness (QED) is 0.839. The first-order chi connectivity index (χ1) is 9.08. The molecule has 6 heteroatoms. The van der Waals surface area contributed by atoms with Crippen LogP contribution >= 0.6 is 0 Å². The molecule has 0 aliphatic carbocycles. The van der Waals surface area contributed by atoms with Gasteiger partial charge in [-0.2, -0.15) is 0 Å². The van der Waals surface area contributed by atoms with E-state index in [4.69, 9.17) is 0 Å². The third-order valence-electron chi connectivity index (χ3n) is 3.08. The van der Waals surface area contributed by atoms with Crippen LogP contribution in [0.3, 0.4) is 0 Å². The average Bonchev–Trinajstić information content (AvgIpc) is 2.80. The normalized spacial score (nSPS) is 12.6. The molecule has 0 saturated heterocycles. The van der Waals surface area contributed by atoms with Crippen LogP contribution in [0.1, 0.15) is 30.0 Å². The summed E-state index contributed by atoms with van der Waals surface area (Å²) >= 11 is 0. The van der Waals surface area contributed by atoms with Crippen LogP contribution in [-0.2, 0) is 6.54 Å². The van der Waals surface area contributed by atoms with E-state index in [1.54, 1.807) is 19.4 Å². The first-order valence-electron chi connectivity index (χ1n) is 6.34. The minimum absolute atomic E-state index is 0.0274. The van der Waals surface area contributed by atoms with Crippen molar-refractivity contribution >= 4 is 0 Å². The molecule has 2 N–H and O–H groups in total. The van der Waals surface area contributed by atoms with Crippen molar-refractivity contribution in [2.75, 3.05) is 6.54 Å². The Labute approximate surface area is 111 Å². The van der Waals surface area contributed by atoms with E-state index in [1.807, 2.05) is 24.6 Å². The average molecular weight is 261 g/mol. The summed E-state index contributed by atoms with van der Waals surface area (Å²) in [5.41, 5.74) is 1.42. The van der Waals surface area contributed by atoms with Crippen molar-refractivity contribution in [3.63, 3.8) is 0 Å². The number of imidazole rings is 1. The van der Waals surface area contributed by atoms with Gasteiger partial charge < -0.3 is 14.9 Å². The van der Waals surface area contributed by atoms with E-state index in [2.05, 4.69) is 20.3 Å². The monoisotopic (exact) mass is 261 g/mol. The van der Waals surface area contributed by atoms with E-state index in [0.29, 0.717) is 11.4 Å². The summed E-state index contributed by atoms with van der Waals surface area (Å²) in [6, 6.07) is -0.0274. The lowest BCUT2D eigenvalue weighted by molar-refractivity contribution is 0.523. The minimum Gasteiger partial charge on any atom is -0.336 e. The van der Waals surface area contributed by atoms with E-state index < -0.39 is 0 Å². The second kappa shape index (κ2) is 5.79. The largest absolute Gasteiger partial charge is 0.336 e. The lowest BCUT2D eigenvalue weighted by Gasteiger charge is -2.15. The predicted molar refractivity (Wildman–Crippen MR) is 73.0 cm³/mol. The molecule has 0 aliphatic heterocycles. The Balaban J connectivity index is 2.00. The number of nitrogens with one attached hydrogen (secondary N) is 2. The Morgan fingerprint density at radius 1 is 1.47 bits per heavy atom. The van der Waals surface area contributed by atoms with Crippen molar-refractivity contribution in [3.8, 4) is 0 Å². The van der Waals surface area contributed by atoms with Gasteiger partial charge in [0.25, 0.3) is 5.56 Å². The van der Waals surface area contributed by atoms with Crippen LogP contribution in [0.5, 0.6) is 0 Å². The van der Waals surface area contributed by atoms with Gasteiger partial charge in [-0.05, 0) is 20.8 Å². The summed E-state index contributed by atoms with van der Waals surface area (Å²) in [5, 5.41) is 3.33. The molecule has 2 aromatic heterocycles. The molecule has 0 amide bonds. The van der Waals surface area contributed by atoms with Crippen molar-refractivity contribution in [1.29, 1.82) is 0 Å². The van der Waals surface area contributed by atoms with Gasteiger partial charge in [0.2, 0.25) is 0 Å². The molecule has 6 nitrogen and oxygen atoms in total. The van der Waals surface area contributed by atoms with Gasteiger partial charge in [0.1, 0.15) is 5.82 Å². The van der Waals surface area contributed by atoms with Gasteiger partial charge in [0.05, 0.1) is 11.9 Å². The molecule has 19 heavy (non-hydrogen) atoms. The second-order valence-electron chi connectivity index (χ2n) is 4.63. The highest BCUT2D eigenvalue weighted by atomic mass is 16.1. The number of aromatic nitrogens is 4. The topological polar surface area (TPSA) is 75.6 Å². The maximum absolute atomic E-state index is 11.9. The number of hydrogen-bond donors (Lipinski definition) is 2. The Hall–Kier alpha value is -1.95. The third-order valence-corrected chi connectivity index (χ3v) is 3.08. The number of H-pyrrole nitrogens is 1. The van der Waals surface area contributed by atoms with Crippen LogP contribution in [0, 0.1) is 13.8 Å². The van der Waals surface area contributed by atoms with E-state index in [-0.39, 0.29) is 11.6 Å². The molecule has 1 unspecified atom stereocenters. The summed E-state index contributed by atoms with van der Waals surface area (Å²) in [6.45, 7) is 7.22. The zero-order chi connectivity index (χ0) is 13.8. The van der Waals surface area contributed by atoms with Crippen molar-refractivity contribution in [3.05, 3.63) is 46.2 Å². The molecular formula is C13H19N5O. The lowest BCUT2D eigenvalue weighted by atomic mass is 10.1. The maximum Gasteiger partial charge on any atom is 0.255 e. The third kappa shape index (κ3) is 3.29. The number of hydrogen-bond acceptors (Lipinski definition) is 4. The second-order valence-corrected chi connectivity index (χ2v) is 4.63. The highest BCUT2D eigenvalue weighted by Crippen LogP contribution is 2.10. The predicted octanol–water partition coefficient (Wildman–Crippen LogP) is 0.934. The number of nitrogens with zero attached hydrogens (tertiary/aromatic N) is 3. The summed E-state index contributed by atoms with van der Waals surface area (Å²) in [6.07, 6.45) is 5.44. The van der Waals surface area contributed by atoms with Gasteiger partial charge in [-0.15, -0.1) is 0 Å². The van der Waals surface area contributed by atoms with Gasteiger partial charge in [-0.1, -0.05) is 0 Å². The van der Waals surface area contributed by atoms with Gasteiger partial charge in [-0.3, -0.25) is 4.79 Å². The molecule has 102 valence electrons. The highest BCUT2D eigenvalue weighted by molar-refractivity contribution is 5.19. The van der Waals surface area contributed by atoms with Crippen molar-refractivity contribution < 1.29 is 0 Å². The molecule has 1 atom stereocenters. The molecule has 2 rings (SSSR count). The highest BCUT2D eigenvalue weighted by Gasteiger charge is 2.13. The van der Waals surface area contributed by atoms with Crippen molar-refractivity contribution in [2.24, 2.45) is 0 Å². The van der Waals surface area contributed by atoms with Gasteiger partial charge in [0, 0.05) is 37.2 Å². The SMILES string of the molecule is Cc1nc(C)c(C(C)NCCn2ccnc2)c(=O)[nH]1. The first kappa shape index (κ1) is 13.5. The van der Waals surface area contributed by atoms with Crippen LogP contribution in [0.4, 0.5) is 0 Å². The molecule has 0 bridgehead atoms. The molecule has 2 heterocycles. The van der Waals surface area contributed by atoms with Crippen LogP contribution in [-0.4, -0.2) is 26.1 Å². The summed E-state index contributed by atoms with van der Waals surface area (Å²) < 4.78 is 1.99. The van der Waals surface area contributed by atoms with Crippen LogP contribution in [0.2, 0.25) is 0 Å². The molecule has 0 radical (unpaired) electrons. The zero-order valence-electron chi connectivity index (χ0n) is 11.5. The van der Waals surface area contributed by atoms with E-state index >= 15 is 0 Å². The first-order valence-corrected chi connectivity index (χ1v) is 6.34. The van der Waals surface area contributed by atoms with Crippen LogP contribution < -0.4 is 10.9 Å². The summed E-state index contributed by atoms with van der Waals surface area (Å²) in [7, 11) is 0.